The van der Waals surface area contributed by atoms with Crippen LogP contribution >= 0.6 is 11.6 Å². The smallest absolute Gasteiger partial charge is 0.407 e. The molecular formula is C32H38ClN7O3. The second kappa shape index (κ2) is 12.7. The first-order valence-electron chi connectivity index (χ1n) is 14.7. The number of aromatic nitrogens is 5. The van der Waals surface area contributed by atoms with Gasteiger partial charge in [0, 0.05) is 58.6 Å². The number of halogens is 1. The Bertz CT molecular complexity index is 1690. The van der Waals surface area contributed by atoms with E-state index in [2.05, 4.69) is 25.6 Å². The molecule has 1 aliphatic carbocycles. The van der Waals surface area contributed by atoms with E-state index in [9.17, 15) is 9.59 Å². The summed E-state index contributed by atoms with van der Waals surface area (Å²) in [6.45, 7) is 10.4. The summed E-state index contributed by atoms with van der Waals surface area (Å²) in [5.41, 5.74) is 3.39. The number of carbonyl (C=O) groups excluding carboxylic acids is 1. The van der Waals surface area contributed by atoms with Crippen molar-refractivity contribution >= 4 is 34.7 Å². The third kappa shape index (κ3) is 7.30. The van der Waals surface area contributed by atoms with Crippen molar-refractivity contribution in [2.45, 2.75) is 78.5 Å². The van der Waals surface area contributed by atoms with Gasteiger partial charge in [-0.15, -0.1) is 0 Å². The highest BCUT2D eigenvalue weighted by molar-refractivity contribution is 6.33. The van der Waals surface area contributed by atoms with E-state index in [4.69, 9.17) is 21.3 Å². The molecule has 4 aromatic rings. The van der Waals surface area contributed by atoms with Crippen LogP contribution < -0.4 is 16.2 Å². The first kappa shape index (κ1) is 30.4. The van der Waals surface area contributed by atoms with Crippen LogP contribution in [-0.4, -0.2) is 48.8 Å². The van der Waals surface area contributed by atoms with Gasteiger partial charge in [-0.3, -0.25) is 14.3 Å². The zero-order valence-electron chi connectivity index (χ0n) is 25.3. The number of ether oxygens (including phenoxy) is 1. The van der Waals surface area contributed by atoms with Crippen LogP contribution in [0.15, 0.2) is 47.7 Å². The number of fused-ring (bicyclic) bond motifs is 1. The van der Waals surface area contributed by atoms with E-state index < -0.39 is 5.60 Å². The van der Waals surface area contributed by atoms with Gasteiger partial charge in [0.15, 0.2) is 0 Å². The monoisotopic (exact) mass is 603 g/mol. The van der Waals surface area contributed by atoms with Gasteiger partial charge in [0.2, 0.25) is 5.95 Å². The van der Waals surface area contributed by atoms with Crippen LogP contribution in [0.5, 0.6) is 0 Å². The molecule has 10 nitrogen and oxygen atoms in total. The Hall–Kier alpha value is -4.05. The number of amides is 1. The minimum absolute atomic E-state index is 0.164. The van der Waals surface area contributed by atoms with E-state index >= 15 is 0 Å². The minimum Gasteiger partial charge on any atom is -0.444 e. The Labute approximate surface area is 256 Å². The lowest BCUT2D eigenvalue weighted by atomic mass is 9.86. The second-order valence-corrected chi connectivity index (χ2v) is 12.5. The Balaban J connectivity index is 1.30. The number of benzene rings is 1. The van der Waals surface area contributed by atoms with Crippen molar-refractivity contribution in [3.8, 4) is 22.4 Å². The summed E-state index contributed by atoms with van der Waals surface area (Å²) in [6, 6.07) is 7.58. The van der Waals surface area contributed by atoms with E-state index in [1.807, 2.05) is 58.9 Å². The lowest BCUT2D eigenvalue weighted by Crippen LogP contribution is -2.37. The van der Waals surface area contributed by atoms with E-state index in [0.717, 1.165) is 48.0 Å². The molecule has 0 aliphatic heterocycles. The number of hydrogen-bond acceptors (Lipinski definition) is 8. The molecule has 2 N–H and O–H groups in total. The number of hydrogen-bond donors (Lipinski definition) is 2. The first-order valence-corrected chi connectivity index (χ1v) is 15.1. The highest BCUT2D eigenvalue weighted by Crippen LogP contribution is 2.32. The number of pyridine rings is 1. The third-order valence-electron chi connectivity index (χ3n) is 7.57. The highest BCUT2D eigenvalue weighted by Gasteiger charge is 2.24. The molecule has 1 fully saturated rings. The summed E-state index contributed by atoms with van der Waals surface area (Å²) in [4.78, 5) is 43.7. The molecule has 0 saturated heterocycles. The predicted molar refractivity (Wildman–Crippen MR) is 169 cm³/mol. The molecule has 0 unspecified atom stereocenters. The molecule has 43 heavy (non-hydrogen) atoms. The summed E-state index contributed by atoms with van der Waals surface area (Å²) in [5, 5.41) is 7.56. The number of carbonyl (C=O) groups is 1. The summed E-state index contributed by atoms with van der Waals surface area (Å²) >= 11 is 6.71. The summed E-state index contributed by atoms with van der Waals surface area (Å²) < 4.78 is 7.00. The normalized spacial score (nSPS) is 17.1. The van der Waals surface area contributed by atoms with Crippen molar-refractivity contribution in [1.29, 1.82) is 0 Å². The second-order valence-electron chi connectivity index (χ2n) is 12.1. The standard InChI is InChI=1S/C32H38ClN7O3/c1-6-40-28-22(13-25(29(40)41)24-12-9-21(14-26(24)33)27-18-34-15-19(2)37-27)17-35-30(39-28)38-23-10-7-20(8-11-23)16-36-31(42)43-32(3,4)5/h9,12-15,17-18,20,23H,6-8,10-11,16H2,1-5H3,(H,36,42)(H,35,38,39)/t20-,23-. The number of aryl methyl sites for hydroxylation is 2. The van der Waals surface area contributed by atoms with Crippen LogP contribution in [0.3, 0.4) is 0 Å². The van der Waals surface area contributed by atoms with Crippen LogP contribution in [-0.2, 0) is 11.3 Å². The lowest BCUT2D eigenvalue weighted by Gasteiger charge is -2.29. The highest BCUT2D eigenvalue weighted by atomic mass is 35.5. The van der Waals surface area contributed by atoms with E-state index in [-0.39, 0.29) is 17.7 Å². The van der Waals surface area contributed by atoms with E-state index in [0.29, 0.717) is 46.8 Å². The molecule has 5 rings (SSSR count). The fourth-order valence-electron chi connectivity index (χ4n) is 5.45. The van der Waals surface area contributed by atoms with Gasteiger partial charge in [-0.2, -0.15) is 4.98 Å². The van der Waals surface area contributed by atoms with Gasteiger partial charge in [-0.05, 0) is 78.4 Å². The molecule has 3 aromatic heterocycles. The molecule has 0 radical (unpaired) electrons. The number of nitrogens with one attached hydrogen (secondary N) is 2. The zero-order chi connectivity index (χ0) is 30.7. The predicted octanol–water partition coefficient (Wildman–Crippen LogP) is 6.39. The Morgan fingerprint density at radius 3 is 2.51 bits per heavy atom. The van der Waals surface area contributed by atoms with Crippen molar-refractivity contribution in [1.82, 2.24) is 29.8 Å². The molecule has 1 amide bonds. The van der Waals surface area contributed by atoms with Gasteiger partial charge in [0.25, 0.3) is 5.56 Å². The van der Waals surface area contributed by atoms with Gasteiger partial charge < -0.3 is 15.4 Å². The fraction of sp³-hybridized carbons (Fsp3) is 0.438. The quantitative estimate of drug-likeness (QED) is 0.249. The number of rotatable bonds is 7. The summed E-state index contributed by atoms with van der Waals surface area (Å²) in [7, 11) is 0. The molecule has 1 aliphatic rings. The van der Waals surface area contributed by atoms with Crippen LogP contribution in [0, 0.1) is 12.8 Å². The average molecular weight is 604 g/mol. The van der Waals surface area contributed by atoms with Gasteiger partial charge in [-0.25, -0.2) is 14.8 Å². The van der Waals surface area contributed by atoms with Gasteiger partial charge in [0.05, 0.1) is 17.6 Å². The molecule has 226 valence electrons. The topological polar surface area (TPSA) is 124 Å². The van der Waals surface area contributed by atoms with E-state index in [1.165, 1.54) is 0 Å². The lowest BCUT2D eigenvalue weighted by molar-refractivity contribution is 0.0515. The van der Waals surface area contributed by atoms with Crippen molar-refractivity contribution in [2.24, 2.45) is 5.92 Å². The van der Waals surface area contributed by atoms with Gasteiger partial charge in [0.1, 0.15) is 11.2 Å². The van der Waals surface area contributed by atoms with Gasteiger partial charge in [-0.1, -0.05) is 23.7 Å². The van der Waals surface area contributed by atoms with Crippen LogP contribution in [0.4, 0.5) is 10.7 Å². The minimum atomic E-state index is -0.508. The number of alkyl carbamates (subject to hydrolysis) is 1. The number of anilines is 1. The Morgan fingerprint density at radius 2 is 1.84 bits per heavy atom. The fourth-order valence-corrected chi connectivity index (χ4v) is 5.73. The maximum atomic E-state index is 13.7. The number of nitrogens with zero attached hydrogens (tertiary/aromatic N) is 5. The van der Waals surface area contributed by atoms with Crippen LogP contribution in [0.25, 0.3) is 33.4 Å². The maximum absolute atomic E-state index is 13.7. The molecule has 11 heteroatoms. The molecular weight excluding hydrogens is 566 g/mol. The SMILES string of the molecule is CCn1c(=O)c(-c2ccc(-c3cncc(C)n3)cc2Cl)cc2cnc(N[C@H]3CC[C@H](CNC(=O)OC(C)(C)C)CC3)nc21. The zero-order valence-corrected chi connectivity index (χ0v) is 26.0. The Kier molecular flexibility index (Phi) is 8.96. The largest absolute Gasteiger partial charge is 0.444 e. The molecule has 0 bridgehead atoms. The van der Waals surface area contributed by atoms with E-state index in [1.54, 1.807) is 23.2 Å². The maximum Gasteiger partial charge on any atom is 0.407 e. The van der Waals surface area contributed by atoms with Crippen LogP contribution in [0.1, 0.15) is 59.1 Å². The molecule has 1 saturated carbocycles. The first-order chi connectivity index (χ1) is 20.5. The van der Waals surface area contributed by atoms with Crippen molar-refractivity contribution in [3.05, 3.63) is 63.9 Å². The summed E-state index contributed by atoms with van der Waals surface area (Å²) in [6.07, 6.45) is 8.58. The molecule has 0 spiro atoms. The summed E-state index contributed by atoms with van der Waals surface area (Å²) in [5.74, 6) is 0.899. The average Bonchev–Trinajstić information content (AvgIpc) is 2.96. The third-order valence-corrected chi connectivity index (χ3v) is 7.88. The van der Waals surface area contributed by atoms with Crippen LogP contribution in [0.2, 0.25) is 5.02 Å². The van der Waals surface area contributed by atoms with Gasteiger partial charge >= 0.3 is 6.09 Å². The van der Waals surface area contributed by atoms with Crippen molar-refractivity contribution < 1.29 is 9.53 Å². The molecule has 3 heterocycles. The molecule has 0 atom stereocenters. The van der Waals surface area contributed by atoms with Crippen molar-refractivity contribution in [2.75, 3.05) is 11.9 Å². The Morgan fingerprint density at radius 1 is 1.07 bits per heavy atom. The molecule has 1 aromatic carbocycles. The van der Waals surface area contributed by atoms with Crippen molar-refractivity contribution in [3.63, 3.8) is 0 Å².